The third-order valence-corrected chi connectivity index (χ3v) is 4.47. The first-order valence-electron chi connectivity index (χ1n) is 7.18. The van der Waals surface area contributed by atoms with Crippen LogP contribution in [0.15, 0.2) is 4.99 Å². The van der Waals surface area contributed by atoms with Crippen molar-refractivity contribution in [3.8, 4) is 0 Å². The van der Waals surface area contributed by atoms with Gasteiger partial charge in [-0.1, -0.05) is 25.1 Å². The number of likely N-dealkylation sites (tertiary alicyclic amines) is 1. The van der Waals surface area contributed by atoms with Gasteiger partial charge in [0.15, 0.2) is 0 Å². The van der Waals surface area contributed by atoms with Gasteiger partial charge in [-0.25, -0.2) is 0 Å². The Morgan fingerprint density at radius 1 is 1.47 bits per heavy atom. The summed E-state index contributed by atoms with van der Waals surface area (Å²) in [6.45, 7) is 6.80. The van der Waals surface area contributed by atoms with Gasteiger partial charge >= 0.3 is 0 Å². The molecule has 3 heteroatoms. The average molecular weight is 234 g/mol. The predicted octanol–water partition coefficient (Wildman–Crippen LogP) is 2.50. The fourth-order valence-corrected chi connectivity index (χ4v) is 3.70. The van der Waals surface area contributed by atoms with Gasteiger partial charge in [0, 0.05) is 25.6 Å². The Labute approximate surface area is 107 Å². The molecule has 17 heavy (non-hydrogen) atoms. The van der Waals surface area contributed by atoms with Crippen LogP contribution in [0.25, 0.3) is 0 Å². The molecule has 0 spiro atoms. The minimum atomic E-state index is 0.433. The van der Waals surface area contributed by atoms with Gasteiger partial charge in [-0.3, -0.25) is 4.99 Å². The number of hydrogen-bond donors (Lipinski definition) is 0. The molecule has 0 radical (unpaired) electrons. The Hall–Kier alpha value is -0.465. The maximum Gasteiger partial charge on any atom is 0.109 e. The largest absolute Gasteiger partial charge is 0.360 e. The van der Waals surface area contributed by atoms with Gasteiger partial charge in [-0.15, -0.1) is 0 Å². The first kappa shape index (κ1) is 13.0. The lowest BCUT2D eigenvalue weighted by Crippen LogP contribution is -2.31. The van der Waals surface area contributed by atoms with Crippen LogP contribution < -0.4 is 0 Å². The van der Waals surface area contributed by atoms with Crippen molar-refractivity contribution in [1.29, 1.82) is 0 Å². The van der Waals surface area contributed by atoms with Crippen molar-refractivity contribution in [2.45, 2.75) is 70.3 Å². The lowest BCUT2D eigenvalue weighted by Gasteiger charge is -2.27. The lowest BCUT2D eigenvalue weighted by atomic mass is 9.64. The number of amidine groups is 1. The molecule has 1 aliphatic carbocycles. The van der Waals surface area contributed by atoms with E-state index in [1.165, 1.54) is 37.9 Å². The van der Waals surface area contributed by atoms with E-state index in [-0.39, 0.29) is 0 Å². The zero-order valence-electron chi connectivity index (χ0n) is 12.2. The average Bonchev–Trinajstić information content (AvgIpc) is 2.39. The van der Waals surface area contributed by atoms with E-state index in [4.69, 9.17) is 4.99 Å². The Bertz CT molecular complexity index is 309. The van der Waals surface area contributed by atoms with E-state index in [9.17, 15) is 0 Å². The normalized spacial score (nSPS) is 40.8. The van der Waals surface area contributed by atoms with Gasteiger partial charge in [0.05, 0.1) is 5.84 Å². The summed E-state index contributed by atoms with van der Waals surface area (Å²) in [7, 11) is 4.69. The van der Waals surface area contributed by atoms with Gasteiger partial charge in [0.1, 0.15) is 7.85 Å². The zero-order chi connectivity index (χ0) is 12.6. The molecule has 0 N–H and O–H groups in total. The molecular formula is C14H27BN2. The van der Waals surface area contributed by atoms with Crippen molar-refractivity contribution >= 4 is 13.7 Å². The Balaban J connectivity index is 2.15. The molecule has 0 amide bonds. The van der Waals surface area contributed by atoms with E-state index in [1.54, 1.807) is 0 Å². The van der Waals surface area contributed by atoms with Crippen LogP contribution in [0.4, 0.5) is 0 Å². The van der Waals surface area contributed by atoms with Crippen molar-refractivity contribution in [2.24, 2.45) is 10.9 Å². The maximum absolute atomic E-state index is 4.80. The third kappa shape index (κ3) is 2.86. The molecule has 2 nitrogen and oxygen atoms in total. The molecule has 2 fully saturated rings. The summed E-state index contributed by atoms with van der Waals surface area (Å²) in [6.07, 6.45) is 6.72. The van der Waals surface area contributed by atoms with E-state index >= 15 is 0 Å². The summed E-state index contributed by atoms with van der Waals surface area (Å²) < 4.78 is 0. The van der Waals surface area contributed by atoms with Crippen LogP contribution in [0.2, 0.25) is 5.31 Å². The quantitative estimate of drug-likeness (QED) is 0.636. The number of nitrogens with zero attached hydrogens (tertiary/aromatic N) is 2. The summed E-state index contributed by atoms with van der Waals surface area (Å²) in [4.78, 5) is 7.28. The molecule has 0 bridgehead atoms. The van der Waals surface area contributed by atoms with Crippen LogP contribution >= 0.6 is 0 Å². The van der Waals surface area contributed by atoms with Crippen molar-refractivity contribution in [3.05, 3.63) is 0 Å². The summed E-state index contributed by atoms with van der Waals surface area (Å²) in [5.74, 6) is 2.20. The van der Waals surface area contributed by atoms with Crippen LogP contribution in [0, 0.1) is 5.92 Å². The number of fused-ring (bicyclic) bond motifs is 1. The molecule has 2 aliphatic rings. The highest BCUT2D eigenvalue weighted by molar-refractivity contribution is 6.14. The third-order valence-electron chi connectivity index (χ3n) is 4.47. The lowest BCUT2D eigenvalue weighted by molar-refractivity contribution is 0.291. The van der Waals surface area contributed by atoms with Crippen molar-refractivity contribution < 1.29 is 0 Å². The van der Waals surface area contributed by atoms with Crippen molar-refractivity contribution in [2.75, 3.05) is 7.05 Å². The maximum atomic E-state index is 4.80. The molecule has 1 saturated carbocycles. The fourth-order valence-electron chi connectivity index (χ4n) is 3.70. The molecule has 1 heterocycles. The van der Waals surface area contributed by atoms with Gasteiger partial charge in [0.25, 0.3) is 0 Å². The highest BCUT2D eigenvalue weighted by atomic mass is 15.2. The number of rotatable bonds is 1. The number of hydrogen-bond acceptors (Lipinski definition) is 1. The first-order valence-corrected chi connectivity index (χ1v) is 7.18. The van der Waals surface area contributed by atoms with E-state index < -0.39 is 0 Å². The molecule has 1 saturated heterocycles. The van der Waals surface area contributed by atoms with Crippen molar-refractivity contribution in [3.63, 3.8) is 0 Å². The van der Waals surface area contributed by atoms with Gasteiger partial charge in [-0.05, 0) is 32.6 Å². The molecule has 1 aliphatic heterocycles. The number of aliphatic imine (C=N–C) groups is 1. The van der Waals surface area contributed by atoms with Gasteiger partial charge in [-0.2, -0.15) is 0 Å². The molecule has 3 atom stereocenters. The zero-order valence-corrected chi connectivity index (χ0v) is 12.2. The molecule has 0 aromatic heterocycles. The van der Waals surface area contributed by atoms with Crippen LogP contribution in [0.3, 0.4) is 0 Å². The predicted molar refractivity (Wildman–Crippen MR) is 77.6 cm³/mol. The Morgan fingerprint density at radius 3 is 2.82 bits per heavy atom. The second-order valence-electron chi connectivity index (χ2n) is 7.04. The van der Waals surface area contributed by atoms with E-state index in [0.29, 0.717) is 11.4 Å². The van der Waals surface area contributed by atoms with Crippen LogP contribution in [0.5, 0.6) is 0 Å². The van der Waals surface area contributed by atoms with E-state index in [1.807, 2.05) is 0 Å². The van der Waals surface area contributed by atoms with Crippen LogP contribution in [-0.2, 0) is 0 Å². The minimum Gasteiger partial charge on any atom is -0.360 e. The van der Waals surface area contributed by atoms with Gasteiger partial charge < -0.3 is 4.90 Å². The van der Waals surface area contributed by atoms with Crippen LogP contribution in [0.1, 0.15) is 52.9 Å². The molecule has 0 aromatic carbocycles. The highest BCUT2D eigenvalue weighted by Crippen LogP contribution is 2.45. The molecular weight excluding hydrogens is 207 g/mol. The molecule has 2 rings (SSSR count). The monoisotopic (exact) mass is 234 g/mol. The first-order chi connectivity index (χ1) is 7.89. The van der Waals surface area contributed by atoms with Gasteiger partial charge in [0.2, 0.25) is 0 Å². The standard InChI is InChI=1S/C14H27BN2/c1-10(2)16-13-8-11-9-14(3,15)7-5-6-12(11)17(13)4/h10-12H,5-9,15H2,1-4H3/b16-13-. The van der Waals surface area contributed by atoms with E-state index in [0.717, 1.165) is 12.0 Å². The minimum absolute atomic E-state index is 0.433. The van der Waals surface area contributed by atoms with E-state index in [2.05, 4.69) is 40.6 Å². The topological polar surface area (TPSA) is 15.6 Å². The Morgan fingerprint density at radius 2 is 2.18 bits per heavy atom. The van der Waals surface area contributed by atoms with Crippen LogP contribution in [-0.4, -0.2) is 37.7 Å². The summed E-state index contributed by atoms with van der Waals surface area (Å²) in [5, 5.41) is 0.535. The highest BCUT2D eigenvalue weighted by Gasteiger charge is 2.40. The summed E-state index contributed by atoms with van der Waals surface area (Å²) in [5.41, 5.74) is 0. The molecule has 96 valence electrons. The summed E-state index contributed by atoms with van der Waals surface area (Å²) >= 11 is 0. The second-order valence-corrected chi connectivity index (χ2v) is 7.04. The molecule has 3 unspecified atom stereocenters. The Kier molecular flexibility index (Phi) is 3.56. The summed E-state index contributed by atoms with van der Waals surface area (Å²) in [6, 6.07) is 1.19. The smallest absolute Gasteiger partial charge is 0.109 e. The molecule has 0 aromatic rings. The SMILES string of the molecule is BC1(C)CCCC2C(C/C(=N/C(C)C)N2C)C1. The van der Waals surface area contributed by atoms with Crippen molar-refractivity contribution in [1.82, 2.24) is 4.90 Å². The second kappa shape index (κ2) is 4.66. The fraction of sp³-hybridized carbons (Fsp3) is 0.929.